The molecule has 1 heterocycles. The molecule has 0 saturated carbocycles. The Morgan fingerprint density at radius 3 is 2.75 bits per heavy atom. The first kappa shape index (κ1) is 16.5. The van der Waals surface area contributed by atoms with Gasteiger partial charge in [0.1, 0.15) is 5.60 Å². The van der Waals surface area contributed by atoms with Crippen LogP contribution in [0.4, 0.5) is 4.79 Å². The lowest BCUT2D eigenvalue weighted by molar-refractivity contribution is 0.0524. The minimum atomic E-state index is -0.558. The number of amides is 1. The number of pyridine rings is 1. The van der Waals surface area contributed by atoms with E-state index in [0.29, 0.717) is 16.5 Å². The molecule has 1 aromatic rings. The van der Waals surface area contributed by atoms with E-state index in [9.17, 15) is 4.79 Å². The fourth-order valence-electron chi connectivity index (χ4n) is 1.54. The van der Waals surface area contributed by atoms with Crippen molar-refractivity contribution in [3.05, 3.63) is 22.8 Å². The fraction of sp³-hybridized carbons (Fsp3) is 0.538. The van der Waals surface area contributed by atoms with E-state index in [2.05, 4.69) is 10.3 Å². The molecule has 0 aromatic carbocycles. The summed E-state index contributed by atoms with van der Waals surface area (Å²) in [4.78, 5) is 15.6. The summed E-state index contributed by atoms with van der Waals surface area (Å²) < 4.78 is 10.2. The number of hydrogen-bond acceptors (Lipinski definition) is 5. The largest absolute Gasteiger partial charge is 0.481 e. The number of nitrogens with zero attached hydrogens (tertiary/aromatic N) is 1. The van der Waals surface area contributed by atoms with Gasteiger partial charge in [-0.05, 0) is 26.8 Å². The summed E-state index contributed by atoms with van der Waals surface area (Å²) in [5.41, 5.74) is 6.00. The van der Waals surface area contributed by atoms with Gasteiger partial charge in [-0.25, -0.2) is 9.78 Å². The zero-order valence-corrected chi connectivity index (χ0v) is 12.8. The molecule has 0 spiro atoms. The summed E-state index contributed by atoms with van der Waals surface area (Å²) in [5, 5.41) is 3.03. The van der Waals surface area contributed by atoms with Crippen molar-refractivity contribution in [3.8, 4) is 5.88 Å². The second kappa shape index (κ2) is 6.76. The van der Waals surface area contributed by atoms with Crippen molar-refractivity contribution in [2.45, 2.75) is 32.4 Å². The Morgan fingerprint density at radius 1 is 1.55 bits per heavy atom. The van der Waals surface area contributed by atoms with Gasteiger partial charge in [-0.1, -0.05) is 11.6 Å². The predicted molar refractivity (Wildman–Crippen MR) is 77.0 cm³/mol. The zero-order chi connectivity index (χ0) is 15.3. The van der Waals surface area contributed by atoms with Crippen LogP contribution >= 0.6 is 11.6 Å². The maximum absolute atomic E-state index is 11.6. The molecule has 0 radical (unpaired) electrons. The quantitative estimate of drug-likeness (QED) is 0.891. The number of alkyl carbamates (subject to hydrolysis) is 1. The van der Waals surface area contributed by atoms with Crippen LogP contribution in [0.5, 0.6) is 5.88 Å². The van der Waals surface area contributed by atoms with Gasteiger partial charge in [-0.3, -0.25) is 0 Å². The smallest absolute Gasteiger partial charge is 0.407 e. The number of rotatable bonds is 4. The Balaban J connectivity index is 2.68. The lowest BCUT2D eigenvalue weighted by Crippen LogP contribution is -2.36. The third-order valence-electron chi connectivity index (χ3n) is 2.33. The molecule has 20 heavy (non-hydrogen) atoms. The standard InChI is InChI=1S/C13H20ClN3O3/c1-13(2,3)20-12(18)17-7-9(15)10-8(14)5-6-16-11(10)19-4/h5-6,9H,7,15H2,1-4H3,(H,17,18). The van der Waals surface area contributed by atoms with Crippen molar-refractivity contribution < 1.29 is 14.3 Å². The van der Waals surface area contributed by atoms with Crippen LogP contribution in [-0.4, -0.2) is 30.3 Å². The Hall–Kier alpha value is -1.53. The van der Waals surface area contributed by atoms with Gasteiger partial charge in [-0.15, -0.1) is 0 Å². The van der Waals surface area contributed by atoms with Crippen LogP contribution in [0.3, 0.4) is 0 Å². The van der Waals surface area contributed by atoms with Crippen LogP contribution in [0.2, 0.25) is 5.02 Å². The Morgan fingerprint density at radius 2 is 2.20 bits per heavy atom. The van der Waals surface area contributed by atoms with E-state index < -0.39 is 17.7 Å². The van der Waals surface area contributed by atoms with Gasteiger partial charge in [0.25, 0.3) is 0 Å². The highest BCUT2D eigenvalue weighted by Gasteiger charge is 2.20. The maximum Gasteiger partial charge on any atom is 0.407 e. The van der Waals surface area contributed by atoms with Crippen LogP contribution in [0, 0.1) is 0 Å². The second-order valence-electron chi connectivity index (χ2n) is 5.21. The van der Waals surface area contributed by atoms with Crippen LogP contribution < -0.4 is 15.8 Å². The van der Waals surface area contributed by atoms with E-state index in [4.69, 9.17) is 26.8 Å². The minimum Gasteiger partial charge on any atom is -0.481 e. The van der Waals surface area contributed by atoms with Crippen LogP contribution in [0.25, 0.3) is 0 Å². The summed E-state index contributed by atoms with van der Waals surface area (Å²) in [6.07, 6.45) is 0.991. The summed E-state index contributed by atoms with van der Waals surface area (Å²) in [7, 11) is 1.48. The summed E-state index contributed by atoms with van der Waals surface area (Å²) in [6, 6.07) is 1.07. The Kier molecular flexibility index (Phi) is 5.59. The van der Waals surface area contributed by atoms with E-state index in [1.807, 2.05) is 0 Å². The van der Waals surface area contributed by atoms with Gasteiger partial charge in [0, 0.05) is 12.7 Å². The van der Waals surface area contributed by atoms with Crippen molar-refractivity contribution in [1.29, 1.82) is 0 Å². The lowest BCUT2D eigenvalue weighted by Gasteiger charge is -2.21. The topological polar surface area (TPSA) is 86.5 Å². The number of hydrogen-bond donors (Lipinski definition) is 2. The summed E-state index contributed by atoms with van der Waals surface area (Å²) >= 11 is 6.08. The molecule has 1 rings (SSSR count). The minimum absolute atomic E-state index is 0.163. The maximum atomic E-state index is 11.6. The molecule has 1 atom stereocenters. The summed E-state index contributed by atoms with van der Waals surface area (Å²) in [6.45, 7) is 5.52. The molecule has 1 amide bonds. The second-order valence-corrected chi connectivity index (χ2v) is 5.61. The number of nitrogens with two attached hydrogens (primary N) is 1. The van der Waals surface area contributed by atoms with Gasteiger partial charge in [-0.2, -0.15) is 0 Å². The van der Waals surface area contributed by atoms with Crippen LogP contribution in [0.15, 0.2) is 12.3 Å². The Labute approximate surface area is 123 Å². The van der Waals surface area contributed by atoms with Crippen molar-refractivity contribution >= 4 is 17.7 Å². The predicted octanol–water partition coefficient (Wildman–Crippen LogP) is 2.27. The molecule has 1 unspecified atom stereocenters. The average Bonchev–Trinajstić information content (AvgIpc) is 2.33. The van der Waals surface area contributed by atoms with Gasteiger partial charge < -0.3 is 20.5 Å². The fourth-order valence-corrected chi connectivity index (χ4v) is 1.82. The molecular weight excluding hydrogens is 282 g/mol. The van der Waals surface area contributed by atoms with Gasteiger partial charge in [0.2, 0.25) is 5.88 Å². The van der Waals surface area contributed by atoms with Gasteiger partial charge in [0.05, 0.1) is 23.7 Å². The lowest BCUT2D eigenvalue weighted by atomic mass is 10.1. The van der Waals surface area contributed by atoms with Crippen molar-refractivity contribution in [3.63, 3.8) is 0 Å². The summed E-state index contributed by atoms with van der Waals surface area (Å²) in [5.74, 6) is 0.344. The molecule has 0 bridgehead atoms. The molecule has 7 heteroatoms. The number of methoxy groups -OCH3 is 1. The number of ether oxygens (including phenoxy) is 2. The zero-order valence-electron chi connectivity index (χ0n) is 12.1. The van der Waals surface area contributed by atoms with Gasteiger partial charge in [0.15, 0.2) is 0 Å². The SMILES string of the molecule is COc1nccc(Cl)c1C(N)CNC(=O)OC(C)(C)C. The van der Waals surface area contributed by atoms with E-state index in [0.717, 1.165) is 0 Å². The average molecular weight is 302 g/mol. The third kappa shape index (κ3) is 4.86. The first-order valence-electron chi connectivity index (χ1n) is 6.15. The van der Waals surface area contributed by atoms with Crippen LogP contribution in [-0.2, 0) is 4.74 Å². The molecule has 6 nitrogen and oxygen atoms in total. The van der Waals surface area contributed by atoms with E-state index in [-0.39, 0.29) is 6.54 Å². The molecule has 0 aliphatic rings. The highest BCUT2D eigenvalue weighted by atomic mass is 35.5. The highest BCUT2D eigenvalue weighted by Crippen LogP contribution is 2.28. The van der Waals surface area contributed by atoms with Gasteiger partial charge >= 0.3 is 6.09 Å². The number of nitrogens with one attached hydrogen (secondary N) is 1. The molecule has 1 aromatic heterocycles. The monoisotopic (exact) mass is 301 g/mol. The van der Waals surface area contributed by atoms with E-state index >= 15 is 0 Å². The number of carbonyl (C=O) groups is 1. The number of halogens is 1. The highest BCUT2D eigenvalue weighted by molar-refractivity contribution is 6.31. The third-order valence-corrected chi connectivity index (χ3v) is 2.66. The number of aromatic nitrogens is 1. The molecule has 3 N–H and O–H groups in total. The normalized spacial score (nSPS) is 12.7. The molecule has 0 aliphatic carbocycles. The molecule has 112 valence electrons. The first-order valence-corrected chi connectivity index (χ1v) is 6.53. The molecular formula is C13H20ClN3O3. The van der Waals surface area contributed by atoms with E-state index in [1.165, 1.54) is 13.3 Å². The Bertz CT molecular complexity index is 474. The molecule has 0 aliphatic heterocycles. The number of carbonyl (C=O) groups excluding carboxylic acids is 1. The van der Waals surface area contributed by atoms with Crippen LogP contribution in [0.1, 0.15) is 32.4 Å². The van der Waals surface area contributed by atoms with E-state index in [1.54, 1.807) is 26.8 Å². The van der Waals surface area contributed by atoms with Crippen molar-refractivity contribution in [2.75, 3.05) is 13.7 Å². The molecule has 0 saturated heterocycles. The van der Waals surface area contributed by atoms with Crippen molar-refractivity contribution in [2.24, 2.45) is 5.73 Å². The first-order chi connectivity index (χ1) is 9.24. The van der Waals surface area contributed by atoms with Crippen molar-refractivity contribution in [1.82, 2.24) is 10.3 Å². The molecule has 0 fully saturated rings.